The summed E-state index contributed by atoms with van der Waals surface area (Å²) in [4.78, 5) is 0. The van der Waals surface area contributed by atoms with Crippen molar-refractivity contribution < 1.29 is 0 Å². The van der Waals surface area contributed by atoms with Crippen LogP contribution in [-0.2, 0) is 0 Å². The molecular weight excluding hydrogens is 432 g/mol. The predicted octanol–water partition coefficient (Wildman–Crippen LogP) is 10.9. The van der Waals surface area contributed by atoms with Crippen LogP contribution in [0.3, 0.4) is 0 Å². The van der Waals surface area contributed by atoms with Crippen molar-refractivity contribution in [3.05, 3.63) is 70.8 Å². The Bertz CT molecular complexity index is 905. The van der Waals surface area contributed by atoms with Crippen molar-refractivity contribution in [1.29, 1.82) is 0 Å². The third kappa shape index (κ3) is 8.83. The number of hydrogen-bond acceptors (Lipinski definition) is 0. The number of aryl methyl sites for hydroxylation is 1. The van der Waals surface area contributed by atoms with Gasteiger partial charge < -0.3 is 0 Å². The van der Waals surface area contributed by atoms with Crippen LogP contribution in [-0.4, -0.2) is 0 Å². The maximum Gasteiger partial charge on any atom is 0.0123 e. The van der Waals surface area contributed by atoms with Crippen LogP contribution in [0, 0.1) is 48.4 Å². The van der Waals surface area contributed by atoms with E-state index in [9.17, 15) is 0 Å². The lowest BCUT2D eigenvalue weighted by Crippen LogP contribution is -2.31. The number of benzene rings is 1. The lowest BCUT2D eigenvalue weighted by Gasteiger charge is -2.44. The van der Waals surface area contributed by atoms with E-state index in [0.29, 0.717) is 11.3 Å². The average Bonchev–Trinajstić information content (AvgIpc) is 3.21. The summed E-state index contributed by atoms with van der Waals surface area (Å²) in [5, 5.41) is 0. The van der Waals surface area contributed by atoms with Gasteiger partial charge in [0.1, 0.15) is 0 Å². The molecule has 0 heteroatoms. The molecule has 3 aliphatic rings. The lowest BCUT2D eigenvalue weighted by molar-refractivity contribution is 0.231. The van der Waals surface area contributed by atoms with Crippen molar-refractivity contribution >= 4 is 0 Å². The molecule has 0 nitrogen and oxygen atoms in total. The summed E-state index contributed by atoms with van der Waals surface area (Å²) in [6.45, 7) is 15.8. The summed E-state index contributed by atoms with van der Waals surface area (Å²) in [6, 6.07) is 10.3. The molecule has 3 aliphatic carbocycles. The molecule has 1 aromatic carbocycles. The number of rotatable bonds is 5. The topological polar surface area (TPSA) is 0 Å². The Morgan fingerprint density at radius 3 is 2.36 bits per heavy atom. The van der Waals surface area contributed by atoms with E-state index in [0.717, 1.165) is 24.2 Å². The zero-order valence-electron chi connectivity index (χ0n) is 24.6. The van der Waals surface area contributed by atoms with Gasteiger partial charge in [-0.3, -0.25) is 0 Å². The molecule has 0 aliphatic heterocycles. The molecule has 0 amide bonds. The molecular formula is C36H54. The standard InChI is InChI=1S/C26H38.C7H8.C3H8/c1-6-8-19(3)16-21-14-15-26(5)18-22(11-12-23(26)17-21)25-13-10-20(4)24(25)9-7-2;1-7-5-3-2-4-6-7;1-3-2/h2,8,11-12,20-21,24-25H,6,9-10,13-18H2,1,3-5H3;2-6H,1H3;3H2,1-2H3. The molecule has 2 fully saturated rings. The number of terminal acetylenes is 1. The Morgan fingerprint density at radius 2 is 1.78 bits per heavy atom. The van der Waals surface area contributed by atoms with Crippen LogP contribution < -0.4 is 0 Å². The summed E-state index contributed by atoms with van der Waals surface area (Å²) < 4.78 is 0. The van der Waals surface area contributed by atoms with Gasteiger partial charge in [0.15, 0.2) is 0 Å². The quantitative estimate of drug-likeness (QED) is 0.287. The largest absolute Gasteiger partial charge is 0.120 e. The fourth-order valence-corrected chi connectivity index (χ4v) is 6.59. The third-order valence-electron chi connectivity index (χ3n) is 8.60. The van der Waals surface area contributed by atoms with Crippen LogP contribution in [0.4, 0.5) is 0 Å². The molecule has 198 valence electrons. The van der Waals surface area contributed by atoms with E-state index in [2.05, 4.69) is 84.7 Å². The van der Waals surface area contributed by atoms with Crippen LogP contribution in [0.2, 0.25) is 0 Å². The fourth-order valence-electron chi connectivity index (χ4n) is 6.59. The van der Waals surface area contributed by atoms with Gasteiger partial charge in [-0.1, -0.05) is 112 Å². The first kappa shape index (κ1) is 30.2. The smallest absolute Gasteiger partial charge is 0.0123 e. The zero-order chi connectivity index (χ0) is 26.6. The molecule has 0 aromatic heterocycles. The highest BCUT2D eigenvalue weighted by molar-refractivity contribution is 5.34. The van der Waals surface area contributed by atoms with E-state index < -0.39 is 0 Å². The molecule has 0 saturated heterocycles. The Balaban J connectivity index is 0.000000383. The van der Waals surface area contributed by atoms with Crippen molar-refractivity contribution in [3.8, 4) is 12.3 Å². The highest BCUT2D eigenvalue weighted by Gasteiger charge is 2.41. The minimum Gasteiger partial charge on any atom is -0.120 e. The number of allylic oxidation sites excluding steroid dienone is 6. The molecule has 5 atom stereocenters. The van der Waals surface area contributed by atoms with Crippen LogP contribution in [0.15, 0.2) is 65.3 Å². The number of fused-ring (bicyclic) bond motifs is 1. The van der Waals surface area contributed by atoms with Gasteiger partial charge in [0.2, 0.25) is 0 Å². The second kappa shape index (κ2) is 15.3. The SMILES string of the molecule is C#CCC1C(C)CCC1C1=CC=C2CC(CC(C)=CCC)CCC2(C)C1.CCC.Cc1ccccc1. The molecule has 5 unspecified atom stereocenters. The summed E-state index contributed by atoms with van der Waals surface area (Å²) in [6.07, 6.45) is 25.8. The summed E-state index contributed by atoms with van der Waals surface area (Å²) >= 11 is 0. The van der Waals surface area contributed by atoms with Gasteiger partial charge in [-0.25, -0.2) is 0 Å². The predicted molar refractivity (Wildman–Crippen MR) is 161 cm³/mol. The van der Waals surface area contributed by atoms with E-state index in [1.54, 1.807) is 16.7 Å². The van der Waals surface area contributed by atoms with Gasteiger partial charge >= 0.3 is 0 Å². The number of hydrogen-bond donors (Lipinski definition) is 0. The lowest BCUT2D eigenvalue weighted by atomic mass is 9.61. The second-order valence-electron chi connectivity index (χ2n) is 12.0. The summed E-state index contributed by atoms with van der Waals surface area (Å²) in [7, 11) is 0. The van der Waals surface area contributed by atoms with E-state index in [-0.39, 0.29) is 0 Å². The van der Waals surface area contributed by atoms with Crippen LogP contribution in [0.25, 0.3) is 0 Å². The molecule has 0 N–H and O–H groups in total. The summed E-state index contributed by atoms with van der Waals surface area (Å²) in [5.74, 6) is 6.06. The second-order valence-corrected chi connectivity index (χ2v) is 12.0. The van der Waals surface area contributed by atoms with Crippen molar-refractivity contribution in [2.24, 2.45) is 29.1 Å². The van der Waals surface area contributed by atoms with Gasteiger partial charge in [-0.2, -0.15) is 0 Å². The van der Waals surface area contributed by atoms with Gasteiger partial charge in [-0.05, 0) is 94.3 Å². The maximum absolute atomic E-state index is 5.68. The maximum atomic E-state index is 5.68. The van der Waals surface area contributed by atoms with E-state index >= 15 is 0 Å². The highest BCUT2D eigenvalue weighted by Crippen LogP contribution is 2.54. The first-order valence-electron chi connectivity index (χ1n) is 14.8. The van der Waals surface area contributed by atoms with E-state index in [1.165, 1.54) is 63.4 Å². The monoisotopic (exact) mass is 486 g/mol. The molecule has 4 rings (SSSR count). The Hall–Kier alpha value is -2.00. The van der Waals surface area contributed by atoms with Gasteiger partial charge in [0.05, 0.1) is 0 Å². The van der Waals surface area contributed by atoms with E-state index in [1.807, 2.05) is 18.2 Å². The molecule has 1 aromatic rings. The van der Waals surface area contributed by atoms with Crippen molar-refractivity contribution in [3.63, 3.8) is 0 Å². The minimum atomic E-state index is 0.412. The third-order valence-corrected chi connectivity index (χ3v) is 8.60. The van der Waals surface area contributed by atoms with Gasteiger partial charge in [0, 0.05) is 6.42 Å². The van der Waals surface area contributed by atoms with Crippen molar-refractivity contribution in [1.82, 2.24) is 0 Å². The highest BCUT2D eigenvalue weighted by atomic mass is 14.5. The van der Waals surface area contributed by atoms with Crippen molar-refractivity contribution in [2.75, 3.05) is 0 Å². The normalized spacial score (nSPS) is 29.3. The average molecular weight is 487 g/mol. The molecule has 0 radical (unpaired) electrons. The molecule has 0 bridgehead atoms. The zero-order valence-corrected chi connectivity index (χ0v) is 24.6. The first-order valence-corrected chi connectivity index (χ1v) is 14.8. The molecule has 36 heavy (non-hydrogen) atoms. The van der Waals surface area contributed by atoms with Crippen LogP contribution >= 0.6 is 0 Å². The Morgan fingerprint density at radius 1 is 1.08 bits per heavy atom. The van der Waals surface area contributed by atoms with Gasteiger partial charge in [0.25, 0.3) is 0 Å². The Labute approximate surface area is 224 Å². The van der Waals surface area contributed by atoms with E-state index in [4.69, 9.17) is 6.42 Å². The first-order chi connectivity index (χ1) is 17.3. The summed E-state index contributed by atoms with van der Waals surface area (Å²) in [5.41, 5.74) is 6.76. The van der Waals surface area contributed by atoms with Crippen molar-refractivity contribution in [2.45, 2.75) is 113 Å². The fraction of sp³-hybridized carbons (Fsp3) is 0.611. The van der Waals surface area contributed by atoms with Gasteiger partial charge in [-0.15, -0.1) is 12.3 Å². The Kier molecular flexibility index (Phi) is 12.8. The minimum absolute atomic E-state index is 0.412. The van der Waals surface area contributed by atoms with Crippen LogP contribution in [0.5, 0.6) is 0 Å². The molecule has 2 saturated carbocycles. The molecule has 0 heterocycles. The van der Waals surface area contributed by atoms with Crippen LogP contribution in [0.1, 0.15) is 111 Å². The molecule has 0 spiro atoms.